The van der Waals surface area contributed by atoms with Crippen LogP contribution in [0.4, 0.5) is 21.9 Å². The summed E-state index contributed by atoms with van der Waals surface area (Å²) < 4.78 is 0. The molecule has 2 aromatic carbocycles. The highest BCUT2D eigenvalue weighted by Crippen LogP contribution is 2.49. The molecule has 4 aliphatic heterocycles. The van der Waals surface area contributed by atoms with Gasteiger partial charge in [-0.15, -0.1) is 0 Å². The molecule has 4 aliphatic rings. The van der Waals surface area contributed by atoms with E-state index in [1.54, 1.807) is 11.0 Å². The van der Waals surface area contributed by atoms with E-state index in [2.05, 4.69) is 17.3 Å². The van der Waals surface area contributed by atoms with E-state index in [4.69, 9.17) is 0 Å². The van der Waals surface area contributed by atoms with Gasteiger partial charge in [0.15, 0.2) is 0 Å². The monoisotopic (exact) mass is 388 g/mol. The summed E-state index contributed by atoms with van der Waals surface area (Å²) >= 11 is 0. The van der Waals surface area contributed by atoms with E-state index >= 15 is 0 Å². The second-order valence-electron chi connectivity index (χ2n) is 8.72. The SMILES string of the molecule is CN1C2CCC1C1CN(C(=O)N3c4ccccc4NC(=O)c4ccccc43)CC12. The highest BCUT2D eigenvalue weighted by Gasteiger charge is 2.56. The van der Waals surface area contributed by atoms with E-state index in [1.807, 2.05) is 47.4 Å². The molecule has 3 amide bonds. The average molecular weight is 388 g/mol. The zero-order valence-corrected chi connectivity index (χ0v) is 16.4. The number of nitrogens with one attached hydrogen (secondary N) is 1. The van der Waals surface area contributed by atoms with Crippen molar-refractivity contribution in [3.05, 3.63) is 54.1 Å². The number of para-hydroxylation sites is 3. The van der Waals surface area contributed by atoms with Gasteiger partial charge >= 0.3 is 6.03 Å². The van der Waals surface area contributed by atoms with Crippen molar-refractivity contribution in [2.24, 2.45) is 11.8 Å². The fourth-order valence-electron chi connectivity index (χ4n) is 6.15. The largest absolute Gasteiger partial charge is 0.329 e. The Labute approximate surface area is 170 Å². The quantitative estimate of drug-likeness (QED) is 0.751. The standard InChI is InChI=1S/C23H24N4O2/c1-25-18-10-11-19(25)16-13-26(12-15(16)18)23(29)27-20-8-4-2-6-14(20)22(28)24-17-7-3-5-9-21(17)27/h2-9,15-16,18-19H,10-13H2,1H3,(H,24,28). The molecule has 0 spiro atoms. The fraction of sp³-hybridized carbons (Fsp3) is 0.391. The first kappa shape index (κ1) is 17.0. The van der Waals surface area contributed by atoms with Crippen LogP contribution in [0.5, 0.6) is 0 Å². The first-order valence-corrected chi connectivity index (χ1v) is 10.4. The number of anilines is 3. The summed E-state index contributed by atoms with van der Waals surface area (Å²) in [4.78, 5) is 32.9. The van der Waals surface area contributed by atoms with Crippen LogP contribution in [-0.2, 0) is 0 Å². The number of carbonyl (C=O) groups is 2. The van der Waals surface area contributed by atoms with Crippen LogP contribution in [0.2, 0.25) is 0 Å². The van der Waals surface area contributed by atoms with Crippen LogP contribution in [0.15, 0.2) is 48.5 Å². The minimum Gasteiger partial charge on any atom is -0.323 e. The first-order chi connectivity index (χ1) is 14.1. The predicted octanol–water partition coefficient (Wildman–Crippen LogP) is 3.53. The maximum Gasteiger partial charge on any atom is 0.329 e. The van der Waals surface area contributed by atoms with Gasteiger partial charge in [0.05, 0.1) is 22.6 Å². The van der Waals surface area contributed by atoms with E-state index in [0.717, 1.165) is 18.8 Å². The molecule has 3 fully saturated rings. The van der Waals surface area contributed by atoms with Crippen molar-refractivity contribution in [2.75, 3.05) is 30.4 Å². The van der Waals surface area contributed by atoms with Gasteiger partial charge in [0.2, 0.25) is 0 Å². The van der Waals surface area contributed by atoms with Gasteiger partial charge in [-0.1, -0.05) is 24.3 Å². The van der Waals surface area contributed by atoms with Crippen LogP contribution in [0.1, 0.15) is 23.2 Å². The lowest BCUT2D eigenvalue weighted by atomic mass is 9.82. The third kappa shape index (κ3) is 2.32. The van der Waals surface area contributed by atoms with Crippen molar-refractivity contribution in [3.63, 3.8) is 0 Å². The number of hydrogen-bond donors (Lipinski definition) is 1. The highest BCUT2D eigenvalue weighted by atomic mass is 16.2. The molecule has 0 aromatic heterocycles. The molecule has 2 aromatic rings. The number of urea groups is 1. The molecule has 29 heavy (non-hydrogen) atoms. The van der Waals surface area contributed by atoms with Crippen molar-refractivity contribution in [2.45, 2.75) is 24.9 Å². The third-order valence-electron chi connectivity index (χ3n) is 7.45. The van der Waals surface area contributed by atoms with Gasteiger partial charge < -0.3 is 10.2 Å². The number of amides is 3. The number of rotatable bonds is 0. The molecule has 4 heterocycles. The average Bonchev–Trinajstić information content (AvgIpc) is 3.37. The minimum absolute atomic E-state index is 0.0298. The molecule has 4 unspecified atom stereocenters. The van der Waals surface area contributed by atoms with Crippen LogP contribution in [0, 0.1) is 11.8 Å². The van der Waals surface area contributed by atoms with E-state index in [-0.39, 0.29) is 11.9 Å². The molecule has 1 N–H and O–H groups in total. The molecule has 6 heteroatoms. The maximum absolute atomic E-state index is 13.8. The van der Waals surface area contributed by atoms with Crippen LogP contribution < -0.4 is 10.2 Å². The van der Waals surface area contributed by atoms with Gasteiger partial charge in [0.1, 0.15) is 0 Å². The topological polar surface area (TPSA) is 55.9 Å². The van der Waals surface area contributed by atoms with Gasteiger partial charge in [0.25, 0.3) is 5.91 Å². The lowest BCUT2D eigenvalue weighted by Gasteiger charge is -2.30. The van der Waals surface area contributed by atoms with Gasteiger partial charge in [-0.3, -0.25) is 14.6 Å². The van der Waals surface area contributed by atoms with Crippen LogP contribution in [0.25, 0.3) is 0 Å². The van der Waals surface area contributed by atoms with Gasteiger partial charge in [-0.25, -0.2) is 4.79 Å². The summed E-state index contributed by atoms with van der Waals surface area (Å²) in [6.45, 7) is 1.61. The molecular weight excluding hydrogens is 364 g/mol. The summed E-state index contributed by atoms with van der Waals surface area (Å²) in [5.74, 6) is 0.959. The lowest BCUT2D eigenvalue weighted by molar-refractivity contribution is 0.102. The first-order valence-electron chi connectivity index (χ1n) is 10.4. The number of carbonyl (C=O) groups excluding carboxylic acids is 2. The van der Waals surface area contributed by atoms with Crippen molar-refractivity contribution >= 4 is 29.0 Å². The Morgan fingerprint density at radius 1 is 0.931 bits per heavy atom. The van der Waals surface area contributed by atoms with E-state index in [1.165, 1.54) is 12.8 Å². The van der Waals surface area contributed by atoms with Gasteiger partial charge in [0, 0.05) is 25.2 Å². The van der Waals surface area contributed by atoms with Crippen LogP contribution in [0.3, 0.4) is 0 Å². The summed E-state index contributed by atoms with van der Waals surface area (Å²) in [6.07, 6.45) is 2.50. The molecule has 148 valence electrons. The fourth-order valence-corrected chi connectivity index (χ4v) is 6.15. The Morgan fingerprint density at radius 2 is 1.55 bits per heavy atom. The van der Waals surface area contributed by atoms with E-state index < -0.39 is 0 Å². The second-order valence-corrected chi connectivity index (χ2v) is 8.72. The molecule has 2 bridgehead atoms. The molecule has 3 saturated heterocycles. The molecule has 6 rings (SSSR count). The van der Waals surface area contributed by atoms with Crippen molar-refractivity contribution in [1.29, 1.82) is 0 Å². The summed E-state index contributed by atoms with van der Waals surface area (Å²) in [7, 11) is 2.24. The Balaban J connectivity index is 1.40. The normalized spacial score (nSPS) is 29.9. The number of hydrogen-bond acceptors (Lipinski definition) is 3. The zero-order valence-electron chi connectivity index (χ0n) is 16.4. The van der Waals surface area contributed by atoms with Crippen molar-refractivity contribution < 1.29 is 9.59 Å². The lowest BCUT2D eigenvalue weighted by Crippen LogP contribution is -2.42. The minimum atomic E-state index is -0.179. The second kappa shape index (κ2) is 6.07. The number of benzene rings is 2. The maximum atomic E-state index is 13.8. The Hall–Kier alpha value is -2.86. The molecular formula is C23H24N4O2. The van der Waals surface area contributed by atoms with Crippen molar-refractivity contribution in [3.8, 4) is 0 Å². The smallest absolute Gasteiger partial charge is 0.323 e. The summed E-state index contributed by atoms with van der Waals surface area (Å²) in [5.41, 5.74) is 2.57. The van der Waals surface area contributed by atoms with Gasteiger partial charge in [-0.05, 0) is 56.0 Å². The Kier molecular flexibility index (Phi) is 3.56. The predicted molar refractivity (Wildman–Crippen MR) is 111 cm³/mol. The number of likely N-dealkylation sites (tertiary alicyclic amines) is 1. The van der Waals surface area contributed by atoms with E-state index in [9.17, 15) is 9.59 Å². The summed E-state index contributed by atoms with van der Waals surface area (Å²) in [6, 6.07) is 16.1. The Morgan fingerprint density at radius 3 is 2.28 bits per heavy atom. The zero-order chi connectivity index (χ0) is 19.7. The number of fused-ring (bicyclic) bond motifs is 7. The highest BCUT2D eigenvalue weighted by molar-refractivity contribution is 6.17. The van der Waals surface area contributed by atoms with E-state index in [0.29, 0.717) is 40.9 Å². The van der Waals surface area contributed by atoms with Gasteiger partial charge in [-0.2, -0.15) is 0 Å². The molecule has 0 aliphatic carbocycles. The third-order valence-corrected chi connectivity index (χ3v) is 7.45. The molecule has 0 saturated carbocycles. The molecule has 0 radical (unpaired) electrons. The van der Waals surface area contributed by atoms with Crippen molar-refractivity contribution in [1.82, 2.24) is 9.80 Å². The Bertz CT molecular complexity index is 1000. The van der Waals surface area contributed by atoms with Crippen LogP contribution >= 0.6 is 0 Å². The molecule has 4 atom stereocenters. The molecule has 6 nitrogen and oxygen atoms in total. The van der Waals surface area contributed by atoms with Crippen LogP contribution in [-0.4, -0.2) is 54.0 Å². The number of nitrogens with zero attached hydrogens (tertiary/aromatic N) is 3. The summed E-state index contributed by atoms with van der Waals surface area (Å²) in [5, 5.41) is 2.97.